The van der Waals surface area contributed by atoms with E-state index in [0.717, 1.165) is 21.0 Å². The Balaban J connectivity index is 1.94. The van der Waals surface area contributed by atoms with Gasteiger partial charge in [0.05, 0.1) is 22.8 Å². The molecule has 0 aliphatic heterocycles. The lowest BCUT2D eigenvalue weighted by atomic mass is 10.0. The van der Waals surface area contributed by atoms with Gasteiger partial charge in [-0.15, -0.1) is 0 Å². The maximum atomic E-state index is 13.6. The number of esters is 1. The fourth-order valence-electron chi connectivity index (χ4n) is 3.60. The van der Waals surface area contributed by atoms with Gasteiger partial charge in [0.1, 0.15) is 6.54 Å². The van der Waals surface area contributed by atoms with Crippen molar-refractivity contribution in [1.29, 1.82) is 0 Å². The number of rotatable bonds is 9. The maximum absolute atomic E-state index is 13.6. The van der Waals surface area contributed by atoms with Crippen LogP contribution in [0.25, 0.3) is 0 Å². The minimum Gasteiger partial charge on any atom is -0.462 e. The first-order valence-electron chi connectivity index (χ1n) is 11.8. The molecule has 0 unspecified atom stereocenters. The van der Waals surface area contributed by atoms with Gasteiger partial charge in [-0.25, -0.2) is 13.2 Å². The normalized spacial score (nSPS) is 11.3. The monoisotopic (exact) mass is 508 g/mol. The van der Waals surface area contributed by atoms with Crippen LogP contribution >= 0.6 is 0 Å². The van der Waals surface area contributed by atoms with Crippen LogP contribution in [0, 0.1) is 13.8 Å². The summed E-state index contributed by atoms with van der Waals surface area (Å²) in [7, 11) is -4.03. The third-order valence-electron chi connectivity index (χ3n) is 5.77. The average Bonchev–Trinajstić information content (AvgIpc) is 2.84. The number of hydrogen-bond donors (Lipinski definition) is 1. The Bertz CT molecular complexity index is 1330. The zero-order valence-electron chi connectivity index (χ0n) is 21.2. The smallest absolute Gasteiger partial charge is 0.338 e. The lowest BCUT2D eigenvalue weighted by Crippen LogP contribution is -2.38. The van der Waals surface area contributed by atoms with Crippen molar-refractivity contribution >= 4 is 33.3 Å². The van der Waals surface area contributed by atoms with Crippen molar-refractivity contribution in [2.45, 2.75) is 45.4 Å². The molecule has 8 heteroatoms. The number of nitrogens with zero attached hydrogens (tertiary/aromatic N) is 1. The molecular formula is C28H32N2O5S. The second-order valence-electron chi connectivity index (χ2n) is 8.87. The number of hydrogen-bond acceptors (Lipinski definition) is 5. The van der Waals surface area contributed by atoms with E-state index in [1.165, 1.54) is 18.2 Å². The van der Waals surface area contributed by atoms with E-state index in [-0.39, 0.29) is 17.4 Å². The standard InChI is InChI=1S/C28H32N2O5S/c1-6-35-28(32)23-10-9-21(5)26(17-23)29-27(31)18-30(24-13-11-22(12-14-24)19(2)3)36(33,34)25-15-7-20(4)8-16-25/h7-17,19H,6,18H2,1-5H3,(H,29,31). The van der Waals surface area contributed by atoms with Crippen LogP contribution in [0.4, 0.5) is 11.4 Å². The number of aryl methyl sites for hydroxylation is 2. The van der Waals surface area contributed by atoms with E-state index in [2.05, 4.69) is 19.2 Å². The van der Waals surface area contributed by atoms with Gasteiger partial charge in [0, 0.05) is 5.69 Å². The lowest BCUT2D eigenvalue weighted by Gasteiger charge is -2.25. The van der Waals surface area contributed by atoms with E-state index in [9.17, 15) is 18.0 Å². The topological polar surface area (TPSA) is 92.8 Å². The second-order valence-corrected chi connectivity index (χ2v) is 10.7. The highest BCUT2D eigenvalue weighted by atomic mass is 32.2. The van der Waals surface area contributed by atoms with E-state index >= 15 is 0 Å². The molecule has 0 aromatic heterocycles. The lowest BCUT2D eigenvalue weighted by molar-refractivity contribution is -0.114. The third-order valence-corrected chi connectivity index (χ3v) is 7.55. The van der Waals surface area contributed by atoms with Crippen molar-refractivity contribution in [1.82, 2.24) is 0 Å². The molecule has 0 saturated carbocycles. The molecule has 0 aliphatic rings. The molecule has 0 fully saturated rings. The number of carbonyl (C=O) groups is 2. The Labute approximate surface area is 213 Å². The summed E-state index contributed by atoms with van der Waals surface area (Å²) in [5.74, 6) is -0.760. The Morgan fingerprint density at radius 3 is 2.17 bits per heavy atom. The molecule has 36 heavy (non-hydrogen) atoms. The molecule has 3 aromatic carbocycles. The van der Waals surface area contributed by atoms with Gasteiger partial charge in [-0.3, -0.25) is 9.10 Å². The Hall–Kier alpha value is -3.65. The van der Waals surface area contributed by atoms with Gasteiger partial charge in [0.2, 0.25) is 5.91 Å². The van der Waals surface area contributed by atoms with Gasteiger partial charge in [0.25, 0.3) is 10.0 Å². The highest BCUT2D eigenvalue weighted by Gasteiger charge is 2.27. The first-order chi connectivity index (χ1) is 17.0. The fraction of sp³-hybridized carbons (Fsp3) is 0.286. The highest BCUT2D eigenvalue weighted by Crippen LogP contribution is 2.27. The van der Waals surface area contributed by atoms with E-state index in [1.807, 2.05) is 19.1 Å². The van der Waals surface area contributed by atoms with Crippen molar-refractivity contribution in [3.63, 3.8) is 0 Å². The molecule has 1 N–H and O–H groups in total. The molecule has 0 spiro atoms. The quantitative estimate of drug-likeness (QED) is 0.389. The molecule has 0 heterocycles. The number of ether oxygens (including phenoxy) is 1. The summed E-state index contributed by atoms with van der Waals surface area (Å²) in [4.78, 5) is 25.3. The first kappa shape index (κ1) is 26.9. The van der Waals surface area contributed by atoms with Crippen LogP contribution in [0.2, 0.25) is 0 Å². The average molecular weight is 509 g/mol. The van der Waals surface area contributed by atoms with Gasteiger partial charge in [-0.2, -0.15) is 0 Å². The molecule has 0 aliphatic carbocycles. The van der Waals surface area contributed by atoms with Crippen LogP contribution in [-0.2, 0) is 19.6 Å². The van der Waals surface area contributed by atoms with Crippen LogP contribution in [0.15, 0.2) is 71.6 Å². The third kappa shape index (κ3) is 6.31. The number of sulfonamides is 1. The molecule has 0 atom stereocenters. The van der Waals surface area contributed by atoms with Gasteiger partial charge in [0.15, 0.2) is 0 Å². The summed E-state index contributed by atoms with van der Waals surface area (Å²) in [5.41, 5.74) is 3.80. The zero-order valence-corrected chi connectivity index (χ0v) is 22.1. The van der Waals surface area contributed by atoms with Crippen LogP contribution < -0.4 is 9.62 Å². The van der Waals surface area contributed by atoms with Crippen LogP contribution in [0.3, 0.4) is 0 Å². The minimum atomic E-state index is -4.03. The Kier molecular flexibility index (Phi) is 8.53. The Morgan fingerprint density at radius 2 is 1.58 bits per heavy atom. The maximum Gasteiger partial charge on any atom is 0.338 e. The number of nitrogens with one attached hydrogen (secondary N) is 1. The highest BCUT2D eigenvalue weighted by molar-refractivity contribution is 7.92. The van der Waals surface area contributed by atoms with E-state index < -0.39 is 28.4 Å². The summed E-state index contributed by atoms with van der Waals surface area (Å²) in [6.45, 7) is 9.27. The molecule has 0 radical (unpaired) electrons. The largest absolute Gasteiger partial charge is 0.462 e. The summed E-state index contributed by atoms with van der Waals surface area (Å²) in [5, 5.41) is 2.76. The van der Waals surface area contributed by atoms with Crippen LogP contribution in [0.5, 0.6) is 0 Å². The summed E-state index contributed by atoms with van der Waals surface area (Å²) < 4.78 is 33.4. The van der Waals surface area contributed by atoms with Crippen molar-refractivity contribution in [2.24, 2.45) is 0 Å². The first-order valence-corrected chi connectivity index (χ1v) is 13.2. The van der Waals surface area contributed by atoms with Crippen molar-refractivity contribution in [2.75, 3.05) is 22.8 Å². The molecule has 7 nitrogen and oxygen atoms in total. The van der Waals surface area contributed by atoms with Crippen molar-refractivity contribution in [3.05, 3.63) is 89.0 Å². The van der Waals surface area contributed by atoms with Crippen molar-refractivity contribution < 1.29 is 22.7 Å². The van der Waals surface area contributed by atoms with Gasteiger partial charge in [-0.1, -0.05) is 49.7 Å². The number of amides is 1. The Morgan fingerprint density at radius 1 is 0.944 bits per heavy atom. The zero-order chi connectivity index (χ0) is 26.5. The number of anilines is 2. The summed E-state index contributed by atoms with van der Waals surface area (Å²) in [6, 6.07) is 18.5. The molecule has 3 aromatic rings. The van der Waals surface area contributed by atoms with Gasteiger partial charge in [-0.05, 0) is 74.2 Å². The molecular weight excluding hydrogens is 476 g/mol. The fourth-order valence-corrected chi connectivity index (χ4v) is 5.02. The van der Waals surface area contributed by atoms with Crippen LogP contribution in [-0.4, -0.2) is 33.4 Å². The van der Waals surface area contributed by atoms with E-state index in [1.54, 1.807) is 50.2 Å². The number of benzene rings is 3. The predicted molar refractivity (Wildman–Crippen MR) is 142 cm³/mol. The molecule has 1 amide bonds. The molecule has 3 rings (SSSR count). The molecule has 190 valence electrons. The van der Waals surface area contributed by atoms with Gasteiger partial charge >= 0.3 is 5.97 Å². The molecule has 0 saturated heterocycles. The van der Waals surface area contributed by atoms with Crippen molar-refractivity contribution in [3.8, 4) is 0 Å². The molecule has 0 bridgehead atoms. The number of carbonyl (C=O) groups excluding carboxylic acids is 2. The minimum absolute atomic E-state index is 0.0920. The van der Waals surface area contributed by atoms with E-state index in [4.69, 9.17) is 4.74 Å². The van der Waals surface area contributed by atoms with Crippen LogP contribution in [0.1, 0.15) is 53.7 Å². The second kappa shape index (κ2) is 11.4. The van der Waals surface area contributed by atoms with Gasteiger partial charge < -0.3 is 10.1 Å². The SMILES string of the molecule is CCOC(=O)c1ccc(C)c(NC(=O)CN(c2ccc(C(C)C)cc2)S(=O)(=O)c2ccc(C)cc2)c1. The summed E-state index contributed by atoms with van der Waals surface area (Å²) in [6.07, 6.45) is 0. The predicted octanol–water partition coefficient (Wildman–Crippen LogP) is 5.44. The summed E-state index contributed by atoms with van der Waals surface area (Å²) >= 11 is 0. The van der Waals surface area contributed by atoms with E-state index in [0.29, 0.717) is 16.9 Å².